The van der Waals surface area contributed by atoms with Crippen molar-refractivity contribution >= 4 is 27.9 Å². The normalized spacial score (nSPS) is 13.5. The van der Waals surface area contributed by atoms with E-state index in [-0.39, 0.29) is 18.7 Å². The van der Waals surface area contributed by atoms with E-state index in [0.717, 1.165) is 0 Å². The minimum Gasteiger partial charge on any atom is -0.469 e. The molecule has 19 heavy (non-hydrogen) atoms. The molecule has 1 aromatic rings. The molecule has 6 heteroatoms. The molecular formula is C13H14BrFO4. The molecule has 0 spiro atoms. The minimum atomic E-state index is -1.22. The van der Waals surface area contributed by atoms with Gasteiger partial charge in [0.05, 0.1) is 20.6 Å². The summed E-state index contributed by atoms with van der Waals surface area (Å²) in [7, 11) is 2.48. The van der Waals surface area contributed by atoms with Gasteiger partial charge in [-0.05, 0) is 24.1 Å². The summed E-state index contributed by atoms with van der Waals surface area (Å²) in [4.78, 5) is 23.2. The third-order valence-electron chi connectivity index (χ3n) is 2.60. The molecule has 0 aliphatic heterocycles. The highest BCUT2D eigenvalue weighted by molar-refractivity contribution is 9.10. The molecule has 0 amide bonds. The van der Waals surface area contributed by atoms with Crippen molar-refractivity contribution in [3.8, 4) is 0 Å². The molecule has 0 saturated heterocycles. The van der Waals surface area contributed by atoms with Crippen LogP contribution in [-0.4, -0.2) is 30.5 Å². The average Bonchev–Trinajstić information content (AvgIpc) is 2.40. The number of methoxy groups -OCH3 is 2. The molecule has 0 aliphatic carbocycles. The lowest BCUT2D eigenvalue weighted by Gasteiger charge is -2.23. The predicted molar refractivity (Wildman–Crippen MR) is 70.4 cm³/mol. The summed E-state index contributed by atoms with van der Waals surface area (Å²) in [5, 5.41) is 0. The molecule has 0 aliphatic rings. The number of halogens is 2. The van der Waals surface area contributed by atoms with Gasteiger partial charge in [-0.25, -0.2) is 4.39 Å². The van der Waals surface area contributed by atoms with Crippen LogP contribution in [0.25, 0.3) is 0 Å². The molecule has 4 nitrogen and oxygen atoms in total. The predicted octanol–water partition coefficient (Wildman–Crippen LogP) is 2.24. The van der Waals surface area contributed by atoms with Crippen LogP contribution in [0.1, 0.15) is 12.0 Å². The Bertz CT molecular complexity index is 460. The zero-order chi connectivity index (χ0) is 14.5. The van der Waals surface area contributed by atoms with Gasteiger partial charge in [0.15, 0.2) is 0 Å². The zero-order valence-corrected chi connectivity index (χ0v) is 12.2. The Labute approximate surface area is 119 Å². The molecule has 104 valence electrons. The molecule has 0 radical (unpaired) electrons. The molecule has 1 unspecified atom stereocenters. The zero-order valence-electron chi connectivity index (χ0n) is 10.6. The Kier molecular flexibility index (Phi) is 5.47. The quantitative estimate of drug-likeness (QED) is 0.613. The first kappa shape index (κ1) is 15.6. The second kappa shape index (κ2) is 6.65. The number of hydrogen-bond donors (Lipinski definition) is 0. The van der Waals surface area contributed by atoms with Crippen molar-refractivity contribution in [1.29, 1.82) is 0 Å². The number of carbonyl (C=O) groups is 2. The smallest absolute Gasteiger partial charge is 0.323 e. The van der Waals surface area contributed by atoms with Gasteiger partial charge in [-0.3, -0.25) is 9.59 Å². The highest BCUT2D eigenvalue weighted by Gasteiger charge is 2.39. The van der Waals surface area contributed by atoms with E-state index in [4.69, 9.17) is 0 Å². The molecule has 1 atom stereocenters. The summed E-state index contributed by atoms with van der Waals surface area (Å²) in [5.74, 6) is -1.48. The first-order valence-electron chi connectivity index (χ1n) is 5.50. The second-order valence-electron chi connectivity index (χ2n) is 4.01. The summed E-state index contributed by atoms with van der Waals surface area (Å²) >= 11 is 3.24. The minimum absolute atomic E-state index is 0.173. The molecule has 1 rings (SSSR count). The third-order valence-corrected chi connectivity index (χ3v) is 3.49. The SMILES string of the molecule is COC(=O)CC(Br)(Cc1ccc(F)cc1)C(=O)OC. The van der Waals surface area contributed by atoms with Gasteiger partial charge in [-0.2, -0.15) is 0 Å². The fourth-order valence-electron chi connectivity index (χ4n) is 1.62. The Balaban J connectivity index is 2.94. The highest BCUT2D eigenvalue weighted by atomic mass is 79.9. The molecule has 0 saturated carbocycles. The van der Waals surface area contributed by atoms with Gasteiger partial charge in [0.2, 0.25) is 0 Å². The molecule has 0 N–H and O–H groups in total. The third kappa shape index (κ3) is 4.31. The van der Waals surface area contributed by atoms with Gasteiger partial charge in [0.1, 0.15) is 10.1 Å². The highest BCUT2D eigenvalue weighted by Crippen LogP contribution is 2.29. The molecule has 1 aromatic carbocycles. The van der Waals surface area contributed by atoms with E-state index < -0.39 is 16.3 Å². The van der Waals surface area contributed by atoms with Crippen LogP contribution in [0.2, 0.25) is 0 Å². The molecule has 0 fully saturated rings. The number of carbonyl (C=O) groups excluding carboxylic acids is 2. The van der Waals surface area contributed by atoms with Crippen molar-refractivity contribution in [2.45, 2.75) is 17.2 Å². The number of ether oxygens (including phenoxy) is 2. The monoisotopic (exact) mass is 332 g/mol. The van der Waals surface area contributed by atoms with Crippen LogP contribution >= 0.6 is 15.9 Å². The number of hydrogen-bond acceptors (Lipinski definition) is 4. The second-order valence-corrected chi connectivity index (χ2v) is 5.53. The van der Waals surface area contributed by atoms with Crippen LogP contribution in [0, 0.1) is 5.82 Å². The van der Waals surface area contributed by atoms with Gasteiger partial charge in [-0.15, -0.1) is 0 Å². The van der Waals surface area contributed by atoms with E-state index in [1.807, 2.05) is 0 Å². The topological polar surface area (TPSA) is 52.6 Å². The van der Waals surface area contributed by atoms with Gasteiger partial charge in [0, 0.05) is 0 Å². The van der Waals surface area contributed by atoms with E-state index >= 15 is 0 Å². The van der Waals surface area contributed by atoms with Crippen LogP contribution < -0.4 is 0 Å². The van der Waals surface area contributed by atoms with E-state index in [1.54, 1.807) is 12.1 Å². The molecular weight excluding hydrogens is 319 g/mol. The van der Waals surface area contributed by atoms with Gasteiger partial charge < -0.3 is 9.47 Å². The lowest BCUT2D eigenvalue weighted by molar-refractivity contribution is -0.149. The van der Waals surface area contributed by atoms with E-state index in [2.05, 4.69) is 25.4 Å². The summed E-state index contributed by atoms with van der Waals surface area (Å²) < 4.78 is 20.9. The Hall–Kier alpha value is -1.43. The van der Waals surface area contributed by atoms with Crippen molar-refractivity contribution in [2.24, 2.45) is 0 Å². The largest absolute Gasteiger partial charge is 0.469 e. The summed E-state index contributed by atoms with van der Waals surface area (Å²) in [6.07, 6.45) is 0.0165. The first-order valence-corrected chi connectivity index (χ1v) is 6.29. The van der Waals surface area contributed by atoms with Crippen molar-refractivity contribution in [3.05, 3.63) is 35.6 Å². The maximum absolute atomic E-state index is 12.8. The van der Waals surface area contributed by atoms with Crippen molar-refractivity contribution in [1.82, 2.24) is 0 Å². The van der Waals surface area contributed by atoms with Crippen LogP contribution in [0.5, 0.6) is 0 Å². The van der Waals surface area contributed by atoms with Crippen LogP contribution in [0.15, 0.2) is 24.3 Å². The number of benzene rings is 1. The van der Waals surface area contributed by atoms with Crippen molar-refractivity contribution < 1.29 is 23.5 Å². The standard InChI is InChI=1S/C13H14BrFO4/c1-18-11(16)8-13(14,12(17)19-2)7-9-3-5-10(15)6-4-9/h3-6H,7-8H2,1-2H3. The maximum atomic E-state index is 12.8. The lowest BCUT2D eigenvalue weighted by Crippen LogP contribution is -2.38. The van der Waals surface area contributed by atoms with Gasteiger partial charge in [-0.1, -0.05) is 28.1 Å². The first-order chi connectivity index (χ1) is 8.91. The number of rotatable bonds is 5. The summed E-state index contributed by atoms with van der Waals surface area (Å²) in [6, 6.07) is 5.67. The fourth-order valence-corrected chi connectivity index (χ4v) is 2.33. The van der Waals surface area contributed by atoms with E-state index in [0.29, 0.717) is 5.56 Å². The van der Waals surface area contributed by atoms with E-state index in [1.165, 1.54) is 26.4 Å². The average molecular weight is 333 g/mol. The van der Waals surface area contributed by atoms with Crippen molar-refractivity contribution in [3.63, 3.8) is 0 Å². The van der Waals surface area contributed by atoms with Crippen LogP contribution in [0.4, 0.5) is 4.39 Å². The fraction of sp³-hybridized carbons (Fsp3) is 0.385. The van der Waals surface area contributed by atoms with Crippen LogP contribution in [0.3, 0.4) is 0 Å². The van der Waals surface area contributed by atoms with Gasteiger partial charge >= 0.3 is 11.9 Å². The molecule has 0 bridgehead atoms. The summed E-state index contributed by atoms with van der Waals surface area (Å²) in [6.45, 7) is 0. The Morgan fingerprint density at radius 1 is 1.21 bits per heavy atom. The van der Waals surface area contributed by atoms with Crippen LogP contribution in [-0.2, 0) is 25.5 Å². The number of esters is 2. The molecule has 0 aromatic heterocycles. The maximum Gasteiger partial charge on any atom is 0.323 e. The Morgan fingerprint density at radius 3 is 2.26 bits per heavy atom. The van der Waals surface area contributed by atoms with E-state index in [9.17, 15) is 14.0 Å². The molecule has 0 heterocycles. The Morgan fingerprint density at radius 2 is 1.79 bits per heavy atom. The number of alkyl halides is 1. The summed E-state index contributed by atoms with van der Waals surface area (Å²) in [5.41, 5.74) is 0.701. The van der Waals surface area contributed by atoms with Crippen molar-refractivity contribution in [2.75, 3.05) is 14.2 Å². The lowest BCUT2D eigenvalue weighted by atomic mass is 9.96. The van der Waals surface area contributed by atoms with Gasteiger partial charge in [0.25, 0.3) is 0 Å².